The van der Waals surface area contributed by atoms with Crippen LogP contribution in [0.1, 0.15) is 101 Å². The standard InChI is InChI=1S/C46H59N7O8/c1-28(2)37(49-43(58)60-5)39(54)51-26-10-24-45(51,41(47)56)32-18-14-30(15-19-32)35-22-23-36(53(35)34-12-8-7-9-13-34)31-16-20-33(21-17-31)46(42(48)57)25-11-27-52(46)40(55)38(29(3)4)50-44(59)61-6/h7-9,12-21,28-29,35-38H,10-11,22-27H2,1-6H3,(H2,47,56)(H2,48,57)(H,49,58)(H,50,59)/t35-,36-,37-,38-,45-,46-/m0/s1. The number of rotatable bonds is 13. The van der Waals surface area contributed by atoms with Gasteiger partial charge < -0.3 is 46.3 Å². The number of hydrogen-bond donors (Lipinski definition) is 4. The summed E-state index contributed by atoms with van der Waals surface area (Å²) in [6.07, 6.45) is 1.95. The Morgan fingerprint density at radius 1 is 0.607 bits per heavy atom. The molecule has 3 heterocycles. The molecule has 3 aromatic carbocycles. The van der Waals surface area contributed by atoms with Gasteiger partial charge >= 0.3 is 12.2 Å². The van der Waals surface area contributed by atoms with E-state index in [1.807, 2.05) is 94.4 Å². The number of para-hydroxylation sites is 1. The van der Waals surface area contributed by atoms with Crippen LogP contribution in [0, 0.1) is 11.8 Å². The van der Waals surface area contributed by atoms with E-state index in [0.717, 1.165) is 29.7 Å². The second-order valence-electron chi connectivity index (χ2n) is 16.9. The van der Waals surface area contributed by atoms with E-state index in [9.17, 15) is 28.8 Å². The van der Waals surface area contributed by atoms with Crippen molar-refractivity contribution in [1.29, 1.82) is 0 Å². The van der Waals surface area contributed by atoms with Crippen molar-refractivity contribution in [3.8, 4) is 0 Å². The normalized spacial score (nSPS) is 23.4. The molecule has 0 saturated carbocycles. The van der Waals surface area contributed by atoms with E-state index < -0.39 is 59.0 Å². The van der Waals surface area contributed by atoms with Gasteiger partial charge in [-0.05, 0) is 84.7 Å². The molecule has 15 heteroatoms. The van der Waals surface area contributed by atoms with Crippen molar-refractivity contribution in [3.63, 3.8) is 0 Å². The Balaban J connectivity index is 1.30. The van der Waals surface area contributed by atoms with Crippen LogP contribution in [0.25, 0.3) is 0 Å². The summed E-state index contributed by atoms with van der Waals surface area (Å²) >= 11 is 0. The van der Waals surface area contributed by atoms with Gasteiger partial charge in [-0.25, -0.2) is 9.59 Å². The highest BCUT2D eigenvalue weighted by Gasteiger charge is 2.53. The first-order chi connectivity index (χ1) is 29.1. The van der Waals surface area contributed by atoms with Gasteiger partial charge in [-0.1, -0.05) is 94.4 Å². The molecule has 3 saturated heterocycles. The molecule has 0 radical (unpaired) electrons. The van der Waals surface area contributed by atoms with E-state index >= 15 is 0 Å². The van der Waals surface area contributed by atoms with Gasteiger partial charge in [0.15, 0.2) is 0 Å². The highest BCUT2D eigenvalue weighted by Crippen LogP contribution is 2.49. The summed E-state index contributed by atoms with van der Waals surface area (Å²) in [7, 11) is 2.47. The van der Waals surface area contributed by atoms with Crippen LogP contribution in [0.4, 0.5) is 15.3 Å². The zero-order valence-corrected chi connectivity index (χ0v) is 35.9. The quantitative estimate of drug-likeness (QED) is 0.180. The second-order valence-corrected chi connectivity index (χ2v) is 16.9. The fourth-order valence-electron chi connectivity index (χ4n) is 9.75. The zero-order valence-electron chi connectivity index (χ0n) is 35.9. The minimum Gasteiger partial charge on any atom is -0.453 e. The van der Waals surface area contributed by atoms with Crippen LogP contribution in [0.3, 0.4) is 0 Å². The van der Waals surface area contributed by atoms with Gasteiger partial charge in [0.2, 0.25) is 23.6 Å². The molecule has 326 valence electrons. The molecule has 0 aliphatic carbocycles. The number of methoxy groups -OCH3 is 2. The van der Waals surface area contributed by atoms with Crippen molar-refractivity contribution in [1.82, 2.24) is 20.4 Å². The van der Waals surface area contributed by atoms with Crippen LogP contribution in [-0.4, -0.2) is 85.0 Å². The van der Waals surface area contributed by atoms with Crippen LogP contribution in [0.5, 0.6) is 0 Å². The predicted molar refractivity (Wildman–Crippen MR) is 228 cm³/mol. The Hall–Kier alpha value is -6.12. The maximum atomic E-state index is 14.1. The molecule has 6 rings (SSSR count). The smallest absolute Gasteiger partial charge is 0.407 e. The predicted octanol–water partition coefficient (Wildman–Crippen LogP) is 5.14. The summed E-state index contributed by atoms with van der Waals surface area (Å²) in [6, 6.07) is 23.7. The average molecular weight is 838 g/mol. The third-order valence-corrected chi connectivity index (χ3v) is 12.9. The lowest BCUT2D eigenvalue weighted by atomic mass is 9.84. The molecule has 3 fully saturated rings. The third kappa shape index (κ3) is 8.21. The van der Waals surface area contributed by atoms with Crippen molar-refractivity contribution < 1.29 is 38.2 Å². The molecule has 6 amide bonds. The highest BCUT2D eigenvalue weighted by atomic mass is 16.5. The average Bonchev–Trinajstić information content (AvgIpc) is 4.03. The largest absolute Gasteiger partial charge is 0.453 e. The molecule has 0 spiro atoms. The van der Waals surface area contributed by atoms with Gasteiger partial charge in [-0.15, -0.1) is 0 Å². The van der Waals surface area contributed by atoms with Gasteiger partial charge in [0.25, 0.3) is 0 Å². The number of primary amides is 2. The Morgan fingerprint density at radius 3 is 1.31 bits per heavy atom. The van der Waals surface area contributed by atoms with Crippen LogP contribution >= 0.6 is 0 Å². The van der Waals surface area contributed by atoms with Gasteiger partial charge in [-0.2, -0.15) is 0 Å². The number of nitrogens with one attached hydrogen (secondary N) is 2. The molecule has 15 nitrogen and oxygen atoms in total. The third-order valence-electron chi connectivity index (χ3n) is 12.9. The molecule has 3 aliphatic heterocycles. The minimum atomic E-state index is -1.39. The molecule has 6 N–H and O–H groups in total. The SMILES string of the molecule is COC(=O)N[C@H](C(=O)N1CCC[C@@]1(C(N)=O)c1ccc([C@@H]2CC[C@@H](c3ccc([C@]4(C(N)=O)CCCN4C(=O)[C@@H](NC(=O)OC)C(C)C)cc3)N2c2ccccc2)cc1)C(C)C. The summed E-state index contributed by atoms with van der Waals surface area (Å²) in [6.45, 7) is 7.88. The Labute approximate surface area is 357 Å². The van der Waals surface area contributed by atoms with Crippen molar-refractivity contribution in [2.75, 3.05) is 32.2 Å². The molecule has 3 aliphatic rings. The van der Waals surface area contributed by atoms with Crippen LogP contribution in [0.2, 0.25) is 0 Å². The lowest BCUT2D eigenvalue weighted by Crippen LogP contribution is -2.59. The number of hydrogen-bond acceptors (Lipinski definition) is 9. The summed E-state index contributed by atoms with van der Waals surface area (Å²) < 4.78 is 9.57. The maximum Gasteiger partial charge on any atom is 0.407 e. The van der Waals surface area contributed by atoms with Crippen LogP contribution in [0.15, 0.2) is 78.9 Å². The lowest BCUT2D eigenvalue weighted by Gasteiger charge is -2.39. The molecule has 61 heavy (non-hydrogen) atoms. The minimum absolute atomic E-state index is 0.0586. The monoisotopic (exact) mass is 837 g/mol. The first-order valence-electron chi connectivity index (χ1n) is 21.1. The van der Waals surface area contributed by atoms with E-state index in [1.54, 1.807) is 0 Å². The Morgan fingerprint density at radius 2 is 0.984 bits per heavy atom. The summed E-state index contributed by atoms with van der Waals surface area (Å²) in [5.41, 5.74) is 13.8. The van der Waals surface area contributed by atoms with E-state index in [2.05, 4.69) is 27.7 Å². The van der Waals surface area contributed by atoms with E-state index in [-0.39, 0.29) is 23.9 Å². The summed E-state index contributed by atoms with van der Waals surface area (Å²) in [5, 5.41) is 5.28. The van der Waals surface area contributed by atoms with Crippen molar-refractivity contribution >= 4 is 41.5 Å². The van der Waals surface area contributed by atoms with Crippen molar-refractivity contribution in [2.45, 2.75) is 101 Å². The number of likely N-dealkylation sites (tertiary alicyclic amines) is 2. The van der Waals surface area contributed by atoms with Gasteiger partial charge in [0.1, 0.15) is 23.2 Å². The van der Waals surface area contributed by atoms with E-state index in [4.69, 9.17) is 20.9 Å². The van der Waals surface area contributed by atoms with Crippen molar-refractivity contribution in [2.24, 2.45) is 23.3 Å². The molecule has 0 bridgehead atoms. The van der Waals surface area contributed by atoms with Gasteiger partial charge in [0.05, 0.1) is 26.3 Å². The molecule has 6 atom stereocenters. The number of nitrogens with zero attached hydrogens (tertiary/aromatic N) is 3. The van der Waals surface area contributed by atoms with Crippen LogP contribution in [-0.2, 0) is 39.7 Å². The molecule has 0 unspecified atom stereocenters. The fraction of sp³-hybridized carbons (Fsp3) is 0.478. The number of ether oxygens (including phenoxy) is 2. The van der Waals surface area contributed by atoms with Gasteiger partial charge in [-0.3, -0.25) is 19.2 Å². The number of nitrogens with two attached hydrogens (primary N) is 2. The van der Waals surface area contributed by atoms with Crippen molar-refractivity contribution in [3.05, 3.63) is 101 Å². The Bertz CT molecular complexity index is 1970. The number of carbonyl (C=O) groups excluding carboxylic acids is 6. The number of alkyl carbamates (subject to hydrolysis) is 2. The molecule has 0 aromatic heterocycles. The van der Waals surface area contributed by atoms with E-state index in [1.165, 1.54) is 24.0 Å². The number of amides is 6. The first kappa shape index (κ1) is 44.4. The molecule has 3 aromatic rings. The second kappa shape index (κ2) is 18.2. The topological polar surface area (TPSA) is 207 Å². The zero-order chi connectivity index (χ0) is 44.2. The fourth-order valence-corrected chi connectivity index (χ4v) is 9.75. The number of carbonyl (C=O) groups is 6. The summed E-state index contributed by atoms with van der Waals surface area (Å²) in [4.78, 5) is 84.8. The highest BCUT2D eigenvalue weighted by molar-refractivity contribution is 5.96. The van der Waals surface area contributed by atoms with Gasteiger partial charge in [0, 0.05) is 18.8 Å². The number of benzene rings is 3. The molecular formula is C46H59N7O8. The summed E-state index contributed by atoms with van der Waals surface area (Å²) in [5.74, 6) is -2.62. The maximum absolute atomic E-state index is 14.1. The van der Waals surface area contributed by atoms with Crippen LogP contribution < -0.4 is 27.0 Å². The Kier molecular flexibility index (Phi) is 13.3. The lowest BCUT2D eigenvalue weighted by molar-refractivity contribution is -0.146. The number of anilines is 1. The first-order valence-corrected chi connectivity index (χ1v) is 21.1. The van der Waals surface area contributed by atoms with E-state index in [0.29, 0.717) is 49.9 Å². The molecular weight excluding hydrogens is 779 g/mol.